The first-order valence-corrected chi connectivity index (χ1v) is 14.9. The summed E-state index contributed by atoms with van der Waals surface area (Å²) in [5, 5.41) is 4.89. The van der Waals surface area contributed by atoms with Crippen molar-refractivity contribution in [2.45, 2.75) is 81.6 Å². The molecule has 2 aromatic heterocycles. The number of fused-ring (bicyclic) bond motifs is 1. The molecule has 1 aliphatic heterocycles. The van der Waals surface area contributed by atoms with Crippen molar-refractivity contribution < 1.29 is 9.53 Å². The fraction of sp³-hybridized carbons (Fsp3) is 0.486. The largest absolute Gasteiger partial charge is 0.469 e. The van der Waals surface area contributed by atoms with Crippen molar-refractivity contribution in [3.8, 4) is 11.4 Å². The van der Waals surface area contributed by atoms with Gasteiger partial charge in [0.05, 0.1) is 13.5 Å². The van der Waals surface area contributed by atoms with Crippen molar-refractivity contribution in [3.05, 3.63) is 72.5 Å². The van der Waals surface area contributed by atoms with E-state index in [1.807, 2.05) is 51.1 Å². The fourth-order valence-electron chi connectivity index (χ4n) is 4.47. The summed E-state index contributed by atoms with van der Waals surface area (Å²) in [6.45, 7) is 28.7. The third-order valence-electron chi connectivity index (χ3n) is 6.70. The van der Waals surface area contributed by atoms with Crippen molar-refractivity contribution >= 4 is 23.1 Å². The predicted octanol–water partition coefficient (Wildman–Crippen LogP) is 8.28. The first kappa shape index (κ1) is 34.5. The lowest BCUT2D eigenvalue weighted by Crippen LogP contribution is -2.39. The van der Waals surface area contributed by atoms with Crippen molar-refractivity contribution in [1.29, 1.82) is 0 Å². The van der Waals surface area contributed by atoms with Crippen LogP contribution in [0.1, 0.15) is 85.1 Å². The number of hydrogen-bond donors (Lipinski definition) is 0. The van der Waals surface area contributed by atoms with E-state index in [2.05, 4.69) is 59.6 Å². The maximum absolute atomic E-state index is 12.3. The molecule has 1 saturated heterocycles. The molecular formula is C35H51N5O2. The number of aryl methyl sites for hydroxylation is 1. The third kappa shape index (κ3) is 9.40. The van der Waals surface area contributed by atoms with Crippen LogP contribution in [0.3, 0.4) is 0 Å². The molecule has 0 amide bonds. The minimum atomic E-state index is -0.299. The van der Waals surface area contributed by atoms with Crippen LogP contribution in [0.25, 0.3) is 22.7 Å². The van der Waals surface area contributed by atoms with Gasteiger partial charge in [-0.3, -0.25) is 4.79 Å². The molecule has 3 aromatic rings. The highest BCUT2D eigenvalue weighted by Gasteiger charge is 2.30. The smallest absolute Gasteiger partial charge is 0.310 e. The number of rotatable bonds is 7. The Morgan fingerprint density at radius 3 is 2.26 bits per heavy atom. The average Bonchev–Trinajstić information content (AvgIpc) is 3.36. The number of anilines is 1. The molecule has 3 heterocycles. The van der Waals surface area contributed by atoms with Gasteiger partial charge in [-0.15, -0.1) is 5.10 Å². The summed E-state index contributed by atoms with van der Waals surface area (Å²) in [6, 6.07) is 8.02. The summed E-state index contributed by atoms with van der Waals surface area (Å²) >= 11 is 0. The number of aromatic nitrogens is 4. The highest BCUT2D eigenvalue weighted by atomic mass is 16.5. The molecule has 0 radical (unpaired) electrons. The van der Waals surface area contributed by atoms with Crippen LogP contribution in [0.4, 0.5) is 5.82 Å². The quantitative estimate of drug-likeness (QED) is 0.209. The van der Waals surface area contributed by atoms with Crippen LogP contribution in [-0.4, -0.2) is 45.8 Å². The van der Waals surface area contributed by atoms with Gasteiger partial charge in [0, 0.05) is 29.9 Å². The van der Waals surface area contributed by atoms with Crippen molar-refractivity contribution in [2.24, 2.45) is 10.8 Å². The second-order valence-corrected chi connectivity index (χ2v) is 12.7. The first-order chi connectivity index (χ1) is 19.8. The molecule has 0 atom stereocenters. The van der Waals surface area contributed by atoms with E-state index in [4.69, 9.17) is 19.8 Å². The number of esters is 1. The van der Waals surface area contributed by atoms with Crippen LogP contribution in [0, 0.1) is 17.8 Å². The molecule has 1 aromatic carbocycles. The fourth-order valence-corrected chi connectivity index (χ4v) is 4.47. The lowest BCUT2D eigenvalue weighted by molar-refractivity contribution is -0.139. The predicted molar refractivity (Wildman–Crippen MR) is 177 cm³/mol. The summed E-state index contributed by atoms with van der Waals surface area (Å²) in [7, 11) is 1.41. The number of methoxy groups -OCH3 is 1. The van der Waals surface area contributed by atoms with Gasteiger partial charge >= 0.3 is 5.97 Å². The summed E-state index contributed by atoms with van der Waals surface area (Å²) in [4.78, 5) is 24.1. The highest BCUT2D eigenvalue weighted by Crippen LogP contribution is 2.35. The second-order valence-electron chi connectivity index (χ2n) is 12.7. The minimum Gasteiger partial charge on any atom is -0.469 e. The van der Waals surface area contributed by atoms with Crippen molar-refractivity contribution in [1.82, 2.24) is 19.6 Å². The summed E-state index contributed by atoms with van der Waals surface area (Å²) in [5.41, 5.74) is 5.23. The Kier molecular flexibility index (Phi) is 12.3. The van der Waals surface area contributed by atoms with Crippen LogP contribution >= 0.6 is 0 Å². The molecule has 1 fully saturated rings. The highest BCUT2D eigenvalue weighted by molar-refractivity contribution is 5.78. The number of ether oxygens (including phenoxy) is 1. The van der Waals surface area contributed by atoms with E-state index in [1.165, 1.54) is 7.11 Å². The van der Waals surface area contributed by atoms with Crippen LogP contribution in [0.5, 0.6) is 0 Å². The van der Waals surface area contributed by atoms with Crippen LogP contribution in [0.15, 0.2) is 55.7 Å². The SMILES string of the molecule is C=C/C=C(\C=C)c1cccc(-c2nc3nc(C)c(CC(=O)OC)c(N4CCC(C)(C)CC4)n3n2)c1.CC.CC(C)(C)C. The van der Waals surface area contributed by atoms with E-state index >= 15 is 0 Å². The molecule has 228 valence electrons. The topological polar surface area (TPSA) is 72.6 Å². The molecule has 0 N–H and O–H groups in total. The monoisotopic (exact) mass is 573 g/mol. The van der Waals surface area contributed by atoms with E-state index in [-0.39, 0.29) is 17.8 Å². The molecule has 42 heavy (non-hydrogen) atoms. The van der Waals surface area contributed by atoms with E-state index in [0.29, 0.717) is 17.0 Å². The molecule has 0 bridgehead atoms. The molecular weight excluding hydrogens is 522 g/mol. The third-order valence-corrected chi connectivity index (χ3v) is 6.70. The Morgan fingerprint density at radius 2 is 1.71 bits per heavy atom. The van der Waals surface area contributed by atoms with Crippen molar-refractivity contribution in [2.75, 3.05) is 25.1 Å². The van der Waals surface area contributed by atoms with Gasteiger partial charge in [-0.1, -0.05) is 105 Å². The number of allylic oxidation sites excluding steroid dienone is 4. The molecule has 4 rings (SSSR count). The van der Waals surface area contributed by atoms with Gasteiger partial charge in [0.1, 0.15) is 5.82 Å². The summed E-state index contributed by atoms with van der Waals surface area (Å²) < 4.78 is 6.78. The molecule has 0 unspecified atom stereocenters. The maximum atomic E-state index is 12.3. The Bertz CT molecular complexity index is 1390. The van der Waals surface area contributed by atoms with Gasteiger partial charge in [-0.05, 0) is 47.8 Å². The molecule has 0 aliphatic carbocycles. The average molecular weight is 574 g/mol. The summed E-state index contributed by atoms with van der Waals surface area (Å²) in [6.07, 6.45) is 7.71. The Morgan fingerprint density at radius 1 is 1.10 bits per heavy atom. The standard InChI is InChI=1S/C28H33N5O2.C5H12.C2H6/c1-7-10-20(8-2)21-11-9-12-22(17-21)25-30-27-29-19(3)23(18-24(34)35-6)26(33(27)31-25)32-15-13-28(4,5)14-16-32;1-5(2,3)4;1-2/h7-12,17H,1-2,13-16,18H2,3-6H3;1-4H3;1-2H3/b20-10+;;. The van der Waals surface area contributed by atoms with Crippen molar-refractivity contribution in [3.63, 3.8) is 0 Å². The molecule has 1 aliphatic rings. The molecule has 0 spiro atoms. The zero-order valence-electron chi connectivity index (χ0n) is 27.5. The van der Waals surface area contributed by atoms with Gasteiger partial charge < -0.3 is 9.64 Å². The normalized spacial score (nSPS) is 14.7. The minimum absolute atomic E-state index is 0.139. The Labute approximate surface area is 253 Å². The van der Waals surface area contributed by atoms with Crippen LogP contribution < -0.4 is 4.90 Å². The molecule has 7 heteroatoms. The van der Waals surface area contributed by atoms with Gasteiger partial charge in [0.25, 0.3) is 5.78 Å². The number of carbonyl (C=O) groups is 1. The van der Waals surface area contributed by atoms with Gasteiger partial charge in [-0.2, -0.15) is 9.50 Å². The van der Waals surface area contributed by atoms with Crippen LogP contribution in [-0.2, 0) is 16.0 Å². The zero-order chi connectivity index (χ0) is 31.7. The lowest BCUT2D eigenvalue weighted by atomic mass is 9.82. The molecule has 7 nitrogen and oxygen atoms in total. The van der Waals surface area contributed by atoms with Crippen LogP contribution in [0.2, 0.25) is 0 Å². The number of carbonyl (C=O) groups excluding carboxylic acids is 1. The number of piperidine rings is 1. The maximum Gasteiger partial charge on any atom is 0.310 e. The second kappa shape index (κ2) is 14.9. The van der Waals surface area contributed by atoms with E-state index in [1.54, 1.807) is 16.7 Å². The number of hydrogen-bond acceptors (Lipinski definition) is 6. The number of benzene rings is 1. The zero-order valence-corrected chi connectivity index (χ0v) is 27.5. The van der Waals surface area contributed by atoms with Gasteiger partial charge in [0.15, 0.2) is 5.82 Å². The lowest BCUT2D eigenvalue weighted by Gasteiger charge is -2.38. The Balaban J connectivity index is 0.000000797. The Hall–Kier alpha value is -3.74. The summed E-state index contributed by atoms with van der Waals surface area (Å²) in [5.74, 6) is 1.67. The van der Waals surface area contributed by atoms with Gasteiger partial charge in [-0.25, -0.2) is 4.98 Å². The van der Waals surface area contributed by atoms with E-state index in [9.17, 15) is 4.79 Å². The molecule has 0 saturated carbocycles. The van der Waals surface area contributed by atoms with E-state index in [0.717, 1.165) is 59.7 Å². The van der Waals surface area contributed by atoms with Gasteiger partial charge in [0.2, 0.25) is 0 Å². The number of nitrogens with zero attached hydrogens (tertiary/aromatic N) is 5. The van der Waals surface area contributed by atoms with E-state index < -0.39 is 0 Å². The first-order valence-electron chi connectivity index (χ1n) is 14.9.